The van der Waals surface area contributed by atoms with E-state index in [0.717, 1.165) is 12.0 Å². The first-order chi connectivity index (χ1) is 11.7. The monoisotopic (exact) mass is 340 g/mol. The van der Waals surface area contributed by atoms with E-state index in [1.165, 1.54) is 11.6 Å². The average molecular weight is 340 g/mol. The Morgan fingerprint density at radius 2 is 1.83 bits per heavy atom. The largest absolute Gasteiger partial charge is 0.496 e. The van der Waals surface area contributed by atoms with Crippen molar-refractivity contribution in [1.29, 1.82) is 0 Å². The highest BCUT2D eigenvalue weighted by Crippen LogP contribution is 2.18. The van der Waals surface area contributed by atoms with Crippen LogP contribution in [0, 0.1) is 0 Å². The summed E-state index contributed by atoms with van der Waals surface area (Å²) < 4.78 is 5.23. The third kappa shape index (κ3) is 5.85. The van der Waals surface area contributed by atoms with Gasteiger partial charge < -0.3 is 10.1 Å². The van der Waals surface area contributed by atoms with Gasteiger partial charge in [-0.25, -0.2) is 0 Å². The van der Waals surface area contributed by atoms with Crippen LogP contribution in [-0.2, 0) is 11.2 Å². The molecule has 0 unspecified atom stereocenters. The molecule has 0 aliphatic carbocycles. The molecular formula is C19H20N2O2S. The van der Waals surface area contributed by atoms with Gasteiger partial charge in [-0.3, -0.25) is 10.1 Å². The van der Waals surface area contributed by atoms with E-state index < -0.39 is 0 Å². The lowest BCUT2D eigenvalue weighted by atomic mass is 10.1. The number of carbonyl (C=O) groups is 1. The van der Waals surface area contributed by atoms with Crippen LogP contribution in [0.2, 0.25) is 0 Å². The fourth-order valence-electron chi connectivity index (χ4n) is 2.13. The first kappa shape index (κ1) is 17.7. The van der Waals surface area contributed by atoms with Gasteiger partial charge in [0.05, 0.1) is 7.11 Å². The average Bonchev–Trinajstić information content (AvgIpc) is 2.61. The molecule has 4 nitrogen and oxygen atoms in total. The van der Waals surface area contributed by atoms with Crippen LogP contribution < -0.4 is 15.4 Å². The van der Waals surface area contributed by atoms with Gasteiger partial charge in [-0.05, 0) is 36.3 Å². The molecule has 124 valence electrons. The Kier molecular flexibility index (Phi) is 6.98. The summed E-state index contributed by atoms with van der Waals surface area (Å²) in [4.78, 5) is 11.9. The third-order valence-corrected chi connectivity index (χ3v) is 3.58. The number of ether oxygens (including phenoxy) is 1. The number of carbonyl (C=O) groups excluding carboxylic acids is 1. The highest BCUT2D eigenvalue weighted by molar-refractivity contribution is 7.80. The van der Waals surface area contributed by atoms with Crippen LogP contribution >= 0.6 is 12.2 Å². The van der Waals surface area contributed by atoms with Crippen LogP contribution in [0.5, 0.6) is 5.75 Å². The Morgan fingerprint density at radius 3 is 2.58 bits per heavy atom. The molecule has 1 amide bonds. The molecular weight excluding hydrogens is 320 g/mol. The first-order valence-electron chi connectivity index (χ1n) is 7.63. The molecule has 0 spiro atoms. The Morgan fingerprint density at radius 1 is 1.12 bits per heavy atom. The minimum Gasteiger partial charge on any atom is -0.496 e. The zero-order valence-electron chi connectivity index (χ0n) is 13.5. The molecule has 0 atom stereocenters. The summed E-state index contributed by atoms with van der Waals surface area (Å²) in [5, 5.41) is 5.97. The molecule has 0 aliphatic heterocycles. The number of amides is 1. The molecule has 24 heavy (non-hydrogen) atoms. The molecule has 0 fully saturated rings. The zero-order chi connectivity index (χ0) is 17.2. The van der Waals surface area contributed by atoms with Gasteiger partial charge in [0.15, 0.2) is 5.11 Å². The van der Waals surface area contributed by atoms with Crippen LogP contribution in [0.4, 0.5) is 0 Å². The topological polar surface area (TPSA) is 50.4 Å². The Balaban J connectivity index is 1.77. The second kappa shape index (κ2) is 9.47. The minimum absolute atomic E-state index is 0.280. The summed E-state index contributed by atoms with van der Waals surface area (Å²) in [7, 11) is 1.60. The third-order valence-electron chi connectivity index (χ3n) is 3.33. The lowest BCUT2D eigenvalue weighted by Gasteiger charge is -2.08. The van der Waals surface area contributed by atoms with Gasteiger partial charge in [0.2, 0.25) is 5.91 Å². The maximum Gasteiger partial charge on any atom is 0.250 e. The van der Waals surface area contributed by atoms with Crippen LogP contribution in [0.3, 0.4) is 0 Å². The Labute approximate surface area is 147 Å². The Bertz CT molecular complexity index is 714. The molecule has 5 heteroatoms. The van der Waals surface area contributed by atoms with Gasteiger partial charge in [-0.2, -0.15) is 0 Å². The molecule has 2 aromatic rings. The predicted molar refractivity (Wildman–Crippen MR) is 101 cm³/mol. The van der Waals surface area contributed by atoms with E-state index in [1.807, 2.05) is 42.5 Å². The maximum absolute atomic E-state index is 11.9. The van der Waals surface area contributed by atoms with Crippen molar-refractivity contribution in [3.05, 3.63) is 71.8 Å². The van der Waals surface area contributed by atoms with Crippen molar-refractivity contribution >= 4 is 29.3 Å². The lowest BCUT2D eigenvalue weighted by Crippen LogP contribution is -2.39. The SMILES string of the molecule is COc1ccccc1C=CC(=O)NC(=S)NCCc1ccccc1. The highest BCUT2D eigenvalue weighted by Gasteiger charge is 2.02. The van der Waals surface area contributed by atoms with E-state index in [2.05, 4.69) is 22.8 Å². The number of rotatable bonds is 6. The molecule has 0 aromatic heterocycles. The van der Waals surface area contributed by atoms with Crippen LogP contribution in [0.1, 0.15) is 11.1 Å². The Hall–Kier alpha value is -2.66. The first-order valence-corrected chi connectivity index (χ1v) is 8.03. The van der Waals surface area contributed by atoms with E-state index in [1.54, 1.807) is 13.2 Å². The number of benzene rings is 2. The van der Waals surface area contributed by atoms with Crippen molar-refractivity contribution in [3.63, 3.8) is 0 Å². The van der Waals surface area contributed by atoms with E-state index in [-0.39, 0.29) is 5.91 Å². The number of thiocarbonyl (C=S) groups is 1. The summed E-state index contributed by atoms with van der Waals surface area (Å²) in [5.41, 5.74) is 2.05. The summed E-state index contributed by atoms with van der Waals surface area (Å²) in [6.07, 6.45) is 3.97. The molecule has 0 heterocycles. The number of hydrogen-bond acceptors (Lipinski definition) is 3. The molecule has 0 aliphatic rings. The van der Waals surface area contributed by atoms with Crippen molar-refractivity contribution in [3.8, 4) is 5.75 Å². The molecule has 2 rings (SSSR count). The molecule has 0 radical (unpaired) electrons. The molecule has 0 saturated carbocycles. The zero-order valence-corrected chi connectivity index (χ0v) is 14.3. The van der Waals surface area contributed by atoms with Gasteiger partial charge in [-0.15, -0.1) is 0 Å². The number of hydrogen-bond donors (Lipinski definition) is 2. The van der Waals surface area contributed by atoms with Gasteiger partial charge in [0.1, 0.15) is 5.75 Å². The van der Waals surface area contributed by atoms with Crippen molar-refractivity contribution in [2.75, 3.05) is 13.7 Å². The normalized spacial score (nSPS) is 10.4. The standard InChI is InChI=1S/C19H20N2O2S/c1-23-17-10-6-5-9-16(17)11-12-18(22)21-19(24)20-14-13-15-7-3-2-4-8-15/h2-12H,13-14H2,1H3,(H2,20,21,22,24). The van der Waals surface area contributed by atoms with Crippen molar-refractivity contribution in [2.45, 2.75) is 6.42 Å². The van der Waals surface area contributed by atoms with Gasteiger partial charge in [0, 0.05) is 18.2 Å². The van der Waals surface area contributed by atoms with E-state index in [4.69, 9.17) is 17.0 Å². The molecule has 0 saturated heterocycles. The minimum atomic E-state index is -0.280. The highest BCUT2D eigenvalue weighted by atomic mass is 32.1. The quantitative estimate of drug-likeness (QED) is 0.627. The van der Waals surface area contributed by atoms with E-state index in [0.29, 0.717) is 17.4 Å². The second-order valence-electron chi connectivity index (χ2n) is 5.06. The summed E-state index contributed by atoms with van der Waals surface area (Å²) in [6.45, 7) is 0.666. The van der Waals surface area contributed by atoms with Crippen molar-refractivity contribution in [1.82, 2.24) is 10.6 Å². The smallest absolute Gasteiger partial charge is 0.250 e. The van der Waals surface area contributed by atoms with Crippen LogP contribution in [0.25, 0.3) is 6.08 Å². The fourth-order valence-corrected chi connectivity index (χ4v) is 2.34. The van der Waals surface area contributed by atoms with Crippen molar-refractivity contribution < 1.29 is 9.53 Å². The summed E-state index contributed by atoms with van der Waals surface area (Å²) >= 11 is 5.12. The molecule has 0 bridgehead atoms. The number of para-hydroxylation sites is 1. The lowest BCUT2D eigenvalue weighted by molar-refractivity contribution is -0.115. The fraction of sp³-hybridized carbons (Fsp3) is 0.158. The van der Waals surface area contributed by atoms with Crippen LogP contribution in [-0.4, -0.2) is 24.7 Å². The number of methoxy groups -OCH3 is 1. The molecule has 2 aromatic carbocycles. The summed E-state index contributed by atoms with van der Waals surface area (Å²) in [6, 6.07) is 17.6. The van der Waals surface area contributed by atoms with Gasteiger partial charge >= 0.3 is 0 Å². The van der Waals surface area contributed by atoms with Gasteiger partial charge in [0.25, 0.3) is 0 Å². The summed E-state index contributed by atoms with van der Waals surface area (Å²) in [5.74, 6) is 0.434. The maximum atomic E-state index is 11.9. The van der Waals surface area contributed by atoms with E-state index >= 15 is 0 Å². The van der Waals surface area contributed by atoms with E-state index in [9.17, 15) is 4.79 Å². The van der Waals surface area contributed by atoms with Gasteiger partial charge in [-0.1, -0.05) is 48.5 Å². The second-order valence-corrected chi connectivity index (χ2v) is 5.46. The predicted octanol–water partition coefficient (Wildman–Crippen LogP) is 2.94. The van der Waals surface area contributed by atoms with Crippen LogP contribution in [0.15, 0.2) is 60.7 Å². The number of nitrogens with one attached hydrogen (secondary N) is 2. The van der Waals surface area contributed by atoms with Crippen molar-refractivity contribution in [2.24, 2.45) is 0 Å². The molecule has 2 N–H and O–H groups in total.